The molecule has 1 fully saturated rings. The monoisotopic (exact) mass is 300 g/mol. The van der Waals surface area contributed by atoms with E-state index in [2.05, 4.69) is 10.3 Å². The van der Waals surface area contributed by atoms with E-state index in [0.717, 1.165) is 19.1 Å². The summed E-state index contributed by atoms with van der Waals surface area (Å²) < 4.78 is 26.6. The van der Waals surface area contributed by atoms with Crippen molar-refractivity contribution in [3.63, 3.8) is 0 Å². The van der Waals surface area contributed by atoms with Gasteiger partial charge in [0.15, 0.2) is 0 Å². The number of nitrogens with zero attached hydrogens (tertiary/aromatic N) is 3. The van der Waals surface area contributed by atoms with Crippen LogP contribution in [0.15, 0.2) is 18.7 Å². The van der Waals surface area contributed by atoms with Gasteiger partial charge in [0, 0.05) is 32.0 Å². The first-order valence-electron chi connectivity index (χ1n) is 6.69. The van der Waals surface area contributed by atoms with Gasteiger partial charge in [0.2, 0.25) is 15.9 Å². The zero-order valence-electron chi connectivity index (χ0n) is 11.5. The Hall–Kier alpha value is -1.41. The average Bonchev–Trinajstić information content (AvgIpc) is 2.91. The van der Waals surface area contributed by atoms with Crippen LogP contribution in [0.25, 0.3) is 0 Å². The Morgan fingerprint density at radius 1 is 1.45 bits per heavy atom. The summed E-state index contributed by atoms with van der Waals surface area (Å²) in [7, 11) is -3.33. The lowest BCUT2D eigenvalue weighted by atomic mass is 10.0. The number of carbonyl (C=O) groups excluding carboxylic acids is 1. The molecule has 112 valence electrons. The molecule has 2 rings (SSSR count). The lowest BCUT2D eigenvalue weighted by molar-refractivity contribution is -0.125. The fraction of sp³-hybridized carbons (Fsp3) is 0.667. The number of piperidine rings is 1. The topological polar surface area (TPSA) is 84.3 Å². The molecule has 1 aliphatic rings. The predicted molar refractivity (Wildman–Crippen MR) is 74.4 cm³/mol. The molecule has 0 saturated carbocycles. The molecule has 0 bridgehead atoms. The van der Waals surface area contributed by atoms with Crippen molar-refractivity contribution < 1.29 is 13.2 Å². The maximum Gasteiger partial charge on any atom is 0.238 e. The largest absolute Gasteiger partial charge is 0.353 e. The van der Waals surface area contributed by atoms with Gasteiger partial charge in [-0.3, -0.25) is 4.79 Å². The first-order valence-corrected chi connectivity index (χ1v) is 8.53. The summed E-state index contributed by atoms with van der Waals surface area (Å²) in [6.45, 7) is 1.51. The summed E-state index contributed by atoms with van der Waals surface area (Å²) in [6, 6.07) is -0.568. The summed E-state index contributed by atoms with van der Waals surface area (Å²) in [4.78, 5) is 16.1. The highest BCUT2D eigenvalue weighted by atomic mass is 32.2. The van der Waals surface area contributed by atoms with Gasteiger partial charge in [-0.2, -0.15) is 4.31 Å². The van der Waals surface area contributed by atoms with Gasteiger partial charge < -0.3 is 9.88 Å². The molecule has 1 saturated heterocycles. The molecule has 1 aliphatic heterocycles. The lowest BCUT2D eigenvalue weighted by Crippen LogP contribution is -2.51. The van der Waals surface area contributed by atoms with E-state index < -0.39 is 16.1 Å². The number of rotatable bonds is 5. The lowest BCUT2D eigenvalue weighted by Gasteiger charge is -2.32. The molecule has 7 nitrogen and oxygen atoms in total. The van der Waals surface area contributed by atoms with Crippen molar-refractivity contribution in [2.45, 2.75) is 31.8 Å². The Morgan fingerprint density at radius 2 is 2.25 bits per heavy atom. The van der Waals surface area contributed by atoms with Crippen LogP contribution >= 0.6 is 0 Å². The Morgan fingerprint density at radius 3 is 2.90 bits per heavy atom. The molecule has 1 amide bonds. The van der Waals surface area contributed by atoms with Gasteiger partial charge in [-0.1, -0.05) is 6.42 Å². The Balaban J connectivity index is 1.89. The number of carbonyl (C=O) groups is 1. The highest BCUT2D eigenvalue weighted by Crippen LogP contribution is 2.19. The van der Waals surface area contributed by atoms with E-state index in [9.17, 15) is 13.2 Å². The molecule has 0 aromatic carbocycles. The van der Waals surface area contributed by atoms with Crippen LogP contribution in [0.1, 0.15) is 19.3 Å². The second-order valence-electron chi connectivity index (χ2n) is 4.98. The van der Waals surface area contributed by atoms with E-state index in [1.54, 1.807) is 12.5 Å². The third kappa shape index (κ3) is 3.80. The van der Waals surface area contributed by atoms with Crippen LogP contribution < -0.4 is 5.32 Å². The van der Waals surface area contributed by atoms with Gasteiger partial charge in [0.25, 0.3) is 0 Å². The molecule has 1 N–H and O–H groups in total. The fourth-order valence-electron chi connectivity index (χ4n) is 2.41. The Bertz CT molecular complexity index is 541. The predicted octanol–water partition coefficient (Wildman–Crippen LogP) is -0.187. The minimum absolute atomic E-state index is 0.213. The molecule has 2 heterocycles. The third-order valence-corrected chi connectivity index (χ3v) is 4.70. The normalized spacial score (nSPS) is 20.8. The summed E-state index contributed by atoms with van der Waals surface area (Å²) in [5.41, 5.74) is 0. The minimum atomic E-state index is -3.33. The molecule has 1 aromatic heterocycles. The number of hydrogen-bond donors (Lipinski definition) is 1. The summed E-state index contributed by atoms with van der Waals surface area (Å²) >= 11 is 0. The number of aromatic nitrogens is 2. The van der Waals surface area contributed by atoms with Crippen molar-refractivity contribution in [1.29, 1.82) is 0 Å². The number of sulfonamides is 1. The molecule has 1 atom stereocenters. The number of amides is 1. The van der Waals surface area contributed by atoms with Crippen LogP contribution in [0.5, 0.6) is 0 Å². The van der Waals surface area contributed by atoms with Gasteiger partial charge in [0.05, 0.1) is 12.6 Å². The van der Waals surface area contributed by atoms with Crippen LogP contribution in [0.3, 0.4) is 0 Å². The van der Waals surface area contributed by atoms with E-state index >= 15 is 0 Å². The molecule has 8 heteroatoms. The van der Waals surface area contributed by atoms with E-state index in [-0.39, 0.29) is 5.91 Å². The molecular formula is C12H20N4O3S. The van der Waals surface area contributed by atoms with E-state index in [1.807, 2.05) is 10.8 Å². The van der Waals surface area contributed by atoms with Gasteiger partial charge >= 0.3 is 0 Å². The average molecular weight is 300 g/mol. The van der Waals surface area contributed by atoms with Crippen LogP contribution in [-0.2, 0) is 21.4 Å². The first kappa shape index (κ1) is 15.0. The summed E-state index contributed by atoms with van der Waals surface area (Å²) in [5, 5.41) is 2.80. The number of imidazole rings is 1. The highest BCUT2D eigenvalue weighted by Gasteiger charge is 2.34. The molecule has 0 radical (unpaired) electrons. The third-order valence-electron chi connectivity index (χ3n) is 3.41. The van der Waals surface area contributed by atoms with Crippen LogP contribution in [0.2, 0.25) is 0 Å². The molecule has 20 heavy (non-hydrogen) atoms. The fourth-order valence-corrected chi connectivity index (χ4v) is 3.53. The van der Waals surface area contributed by atoms with Crippen molar-refractivity contribution >= 4 is 15.9 Å². The van der Waals surface area contributed by atoms with E-state index in [0.29, 0.717) is 26.1 Å². The van der Waals surface area contributed by atoms with Gasteiger partial charge in [-0.15, -0.1) is 0 Å². The van der Waals surface area contributed by atoms with E-state index in [1.165, 1.54) is 4.31 Å². The zero-order valence-corrected chi connectivity index (χ0v) is 12.3. The maximum atomic E-state index is 12.1. The molecule has 0 aliphatic carbocycles. The van der Waals surface area contributed by atoms with Crippen LogP contribution in [-0.4, -0.2) is 53.6 Å². The Kier molecular flexibility index (Phi) is 4.77. The Labute approximate surface area is 119 Å². The van der Waals surface area contributed by atoms with Gasteiger partial charge in [0.1, 0.15) is 6.04 Å². The zero-order chi connectivity index (χ0) is 14.6. The van der Waals surface area contributed by atoms with Crippen molar-refractivity contribution in [2.75, 3.05) is 19.3 Å². The highest BCUT2D eigenvalue weighted by molar-refractivity contribution is 7.88. The van der Waals surface area contributed by atoms with Gasteiger partial charge in [-0.05, 0) is 12.8 Å². The molecular weight excluding hydrogens is 280 g/mol. The molecule has 1 aromatic rings. The molecule has 1 unspecified atom stereocenters. The van der Waals surface area contributed by atoms with Gasteiger partial charge in [-0.25, -0.2) is 13.4 Å². The summed E-state index contributed by atoms with van der Waals surface area (Å²) in [5.74, 6) is -0.213. The standard InChI is InChI=1S/C12H20N4O3S/c1-20(18,19)16-7-3-2-4-11(16)12(17)14-6-9-15-8-5-13-10-15/h5,8,10-11H,2-4,6-7,9H2,1H3,(H,14,17). The molecule has 0 spiro atoms. The van der Waals surface area contributed by atoms with Crippen molar-refractivity contribution in [1.82, 2.24) is 19.2 Å². The first-order chi connectivity index (χ1) is 9.48. The second-order valence-corrected chi connectivity index (χ2v) is 6.91. The minimum Gasteiger partial charge on any atom is -0.353 e. The van der Waals surface area contributed by atoms with Crippen molar-refractivity contribution in [3.05, 3.63) is 18.7 Å². The van der Waals surface area contributed by atoms with Crippen LogP contribution in [0, 0.1) is 0 Å². The second kappa shape index (κ2) is 6.36. The number of nitrogens with one attached hydrogen (secondary N) is 1. The van der Waals surface area contributed by atoms with Crippen molar-refractivity contribution in [2.24, 2.45) is 0 Å². The van der Waals surface area contributed by atoms with E-state index in [4.69, 9.17) is 0 Å². The maximum absolute atomic E-state index is 12.1. The SMILES string of the molecule is CS(=O)(=O)N1CCCCC1C(=O)NCCn1ccnc1. The quantitative estimate of drug-likeness (QED) is 0.817. The van der Waals surface area contributed by atoms with Crippen LogP contribution in [0.4, 0.5) is 0 Å². The number of hydrogen-bond acceptors (Lipinski definition) is 4. The smallest absolute Gasteiger partial charge is 0.238 e. The summed E-state index contributed by atoms with van der Waals surface area (Å²) in [6.07, 6.45) is 8.60. The van der Waals surface area contributed by atoms with Crippen molar-refractivity contribution in [3.8, 4) is 0 Å².